The van der Waals surface area contributed by atoms with Crippen molar-refractivity contribution in [2.75, 3.05) is 20.3 Å². The number of benzene rings is 2. The van der Waals surface area contributed by atoms with Gasteiger partial charge in [-0.15, -0.1) is 0 Å². The van der Waals surface area contributed by atoms with Gasteiger partial charge in [0, 0.05) is 6.20 Å². The van der Waals surface area contributed by atoms with E-state index in [9.17, 15) is 9.59 Å². The minimum Gasteiger partial charge on any atom is -0.491 e. The lowest BCUT2D eigenvalue weighted by Crippen LogP contribution is -2.39. The maximum absolute atomic E-state index is 13.7. The number of fused-ring (bicyclic) bond motifs is 1. The Morgan fingerprint density at radius 3 is 2.45 bits per heavy atom. The van der Waals surface area contributed by atoms with Gasteiger partial charge < -0.3 is 18.9 Å². The fourth-order valence-electron chi connectivity index (χ4n) is 4.10. The molecule has 2 heterocycles. The molecule has 0 unspecified atom stereocenters. The van der Waals surface area contributed by atoms with Crippen LogP contribution < -0.4 is 29.1 Å². The first-order valence-corrected chi connectivity index (χ1v) is 13.5. The summed E-state index contributed by atoms with van der Waals surface area (Å²) < 4.78 is 24.4. The highest BCUT2D eigenvalue weighted by molar-refractivity contribution is 7.07. The van der Waals surface area contributed by atoms with Gasteiger partial charge in [-0.2, -0.15) is 0 Å². The van der Waals surface area contributed by atoms with Crippen LogP contribution in [0.25, 0.3) is 6.08 Å². The van der Waals surface area contributed by atoms with Crippen molar-refractivity contribution in [3.05, 3.63) is 85.1 Å². The predicted octanol–water partition coefficient (Wildman–Crippen LogP) is 3.99. The first-order valence-electron chi connectivity index (χ1n) is 12.7. The highest BCUT2D eigenvalue weighted by Crippen LogP contribution is 2.35. The van der Waals surface area contributed by atoms with Crippen LogP contribution in [0.1, 0.15) is 51.3 Å². The van der Waals surface area contributed by atoms with Gasteiger partial charge in [-0.1, -0.05) is 36.5 Å². The van der Waals surface area contributed by atoms with Crippen molar-refractivity contribution in [1.82, 2.24) is 4.57 Å². The Labute approximate surface area is 225 Å². The van der Waals surface area contributed by atoms with Gasteiger partial charge in [0.15, 0.2) is 16.3 Å². The summed E-state index contributed by atoms with van der Waals surface area (Å²) in [6.45, 7) is 8.79. The molecule has 1 aliphatic rings. The smallest absolute Gasteiger partial charge is 0.337 e. The minimum atomic E-state index is -0.734. The maximum atomic E-state index is 13.7. The van der Waals surface area contributed by atoms with E-state index in [2.05, 4.69) is 11.9 Å². The third kappa shape index (κ3) is 5.67. The number of rotatable bonds is 10. The van der Waals surface area contributed by atoms with Gasteiger partial charge in [0.1, 0.15) is 5.75 Å². The van der Waals surface area contributed by atoms with Crippen LogP contribution in [-0.4, -0.2) is 37.0 Å². The summed E-state index contributed by atoms with van der Waals surface area (Å²) in [5.74, 6) is 1.35. The van der Waals surface area contributed by atoms with Crippen LogP contribution in [0.15, 0.2) is 64.0 Å². The molecule has 38 heavy (non-hydrogen) atoms. The molecule has 4 rings (SSSR count). The molecular formula is C29H32N2O6S. The first-order chi connectivity index (χ1) is 18.4. The van der Waals surface area contributed by atoms with Crippen LogP contribution in [0, 0.1) is 0 Å². The quantitative estimate of drug-likeness (QED) is 0.364. The van der Waals surface area contributed by atoms with Crippen LogP contribution in [0.4, 0.5) is 0 Å². The van der Waals surface area contributed by atoms with E-state index >= 15 is 0 Å². The summed E-state index contributed by atoms with van der Waals surface area (Å²) in [4.78, 5) is 31.4. The largest absolute Gasteiger partial charge is 0.491 e. The Hall–Kier alpha value is -3.85. The van der Waals surface area contributed by atoms with Crippen molar-refractivity contribution >= 4 is 23.4 Å². The lowest BCUT2D eigenvalue weighted by atomic mass is 9.97. The molecule has 0 saturated carbocycles. The molecule has 200 valence electrons. The number of carbonyl (C=O) groups is 1. The van der Waals surface area contributed by atoms with E-state index in [4.69, 9.17) is 18.9 Å². The van der Waals surface area contributed by atoms with Gasteiger partial charge in [0.2, 0.25) is 0 Å². The van der Waals surface area contributed by atoms with Crippen molar-refractivity contribution in [1.29, 1.82) is 0 Å². The third-order valence-electron chi connectivity index (χ3n) is 6.10. The summed E-state index contributed by atoms with van der Waals surface area (Å²) in [5, 5.41) is 0. The number of carbonyl (C=O) groups excluding carboxylic acids is 1. The molecule has 0 bridgehead atoms. The number of hydrogen-bond acceptors (Lipinski definition) is 8. The van der Waals surface area contributed by atoms with Crippen LogP contribution in [-0.2, 0) is 9.53 Å². The lowest BCUT2D eigenvalue weighted by Gasteiger charge is -2.23. The van der Waals surface area contributed by atoms with Gasteiger partial charge >= 0.3 is 5.97 Å². The SMILES string of the molecule is CCOc1ccc([C@@H]2C(C(=O)OC)=CN=c3s/c(=C\c4ccc(O[C@@H](C)CC)cc4)c(=O)n32)cc1OCC. The fourth-order valence-corrected chi connectivity index (χ4v) is 5.07. The molecule has 9 heteroatoms. The Balaban J connectivity index is 1.80. The Kier molecular flexibility index (Phi) is 8.68. The zero-order chi connectivity index (χ0) is 27.2. The molecule has 0 spiro atoms. The van der Waals surface area contributed by atoms with Gasteiger partial charge in [0.05, 0.1) is 42.6 Å². The summed E-state index contributed by atoms with van der Waals surface area (Å²) in [6.07, 6.45) is 4.33. The van der Waals surface area contributed by atoms with E-state index in [0.29, 0.717) is 39.6 Å². The van der Waals surface area contributed by atoms with Crippen LogP contribution in [0.2, 0.25) is 0 Å². The Morgan fingerprint density at radius 1 is 1.08 bits per heavy atom. The molecule has 0 aliphatic carbocycles. The van der Waals surface area contributed by atoms with Crippen molar-refractivity contribution < 1.29 is 23.7 Å². The molecule has 8 nitrogen and oxygen atoms in total. The number of thiazole rings is 1. The molecule has 2 aromatic carbocycles. The normalized spacial score (nSPS) is 15.7. The average molecular weight is 537 g/mol. The number of methoxy groups -OCH3 is 1. The second-order valence-electron chi connectivity index (χ2n) is 8.65. The van der Waals surface area contributed by atoms with E-state index < -0.39 is 12.0 Å². The van der Waals surface area contributed by atoms with E-state index in [1.165, 1.54) is 29.2 Å². The lowest BCUT2D eigenvalue weighted by molar-refractivity contribution is -0.136. The van der Waals surface area contributed by atoms with E-state index in [1.54, 1.807) is 12.1 Å². The maximum Gasteiger partial charge on any atom is 0.337 e. The second-order valence-corrected chi connectivity index (χ2v) is 9.66. The predicted molar refractivity (Wildman–Crippen MR) is 147 cm³/mol. The molecule has 1 aliphatic heterocycles. The Morgan fingerprint density at radius 2 is 1.79 bits per heavy atom. The average Bonchev–Trinajstić information content (AvgIpc) is 3.24. The molecular weight excluding hydrogens is 504 g/mol. The molecule has 1 aromatic heterocycles. The van der Waals surface area contributed by atoms with Crippen LogP contribution in [0.3, 0.4) is 0 Å². The fraction of sp³-hybridized carbons (Fsp3) is 0.345. The molecule has 3 aromatic rings. The van der Waals surface area contributed by atoms with Gasteiger partial charge in [-0.05, 0) is 68.7 Å². The van der Waals surface area contributed by atoms with Crippen molar-refractivity contribution in [2.45, 2.75) is 46.3 Å². The van der Waals surface area contributed by atoms with Crippen LogP contribution >= 0.6 is 11.3 Å². The molecule has 2 atom stereocenters. The van der Waals surface area contributed by atoms with Crippen molar-refractivity contribution in [3.63, 3.8) is 0 Å². The van der Waals surface area contributed by atoms with Crippen molar-refractivity contribution in [3.8, 4) is 17.2 Å². The number of nitrogens with zero attached hydrogens (tertiary/aromatic N) is 2. The zero-order valence-corrected chi connectivity index (χ0v) is 23.0. The van der Waals surface area contributed by atoms with E-state index in [-0.39, 0.29) is 17.2 Å². The summed E-state index contributed by atoms with van der Waals surface area (Å²) in [5.41, 5.74) is 1.54. The topological polar surface area (TPSA) is 88.4 Å². The highest BCUT2D eigenvalue weighted by atomic mass is 32.1. The summed E-state index contributed by atoms with van der Waals surface area (Å²) in [6, 6.07) is 12.3. The van der Waals surface area contributed by atoms with Gasteiger partial charge in [0.25, 0.3) is 5.56 Å². The van der Waals surface area contributed by atoms with Crippen LogP contribution in [0.5, 0.6) is 17.2 Å². The summed E-state index contributed by atoms with van der Waals surface area (Å²) in [7, 11) is 1.31. The second kappa shape index (κ2) is 12.1. The van der Waals surface area contributed by atoms with Crippen molar-refractivity contribution in [2.24, 2.45) is 4.99 Å². The van der Waals surface area contributed by atoms with E-state index in [0.717, 1.165) is 17.7 Å². The molecule has 0 fully saturated rings. The molecule has 0 saturated heterocycles. The molecule has 0 radical (unpaired) electrons. The number of hydrogen-bond donors (Lipinski definition) is 0. The monoisotopic (exact) mass is 536 g/mol. The third-order valence-corrected chi connectivity index (χ3v) is 7.10. The number of ether oxygens (including phenoxy) is 4. The summed E-state index contributed by atoms with van der Waals surface area (Å²) >= 11 is 1.27. The van der Waals surface area contributed by atoms with Gasteiger partial charge in [-0.25, -0.2) is 9.79 Å². The number of esters is 1. The molecule has 0 N–H and O–H groups in total. The molecule has 0 amide bonds. The zero-order valence-electron chi connectivity index (χ0n) is 22.2. The number of aromatic nitrogens is 1. The first kappa shape index (κ1) is 27.2. The van der Waals surface area contributed by atoms with Gasteiger partial charge in [-0.3, -0.25) is 9.36 Å². The highest BCUT2D eigenvalue weighted by Gasteiger charge is 2.31. The van der Waals surface area contributed by atoms with E-state index in [1.807, 2.05) is 57.2 Å². The minimum absolute atomic E-state index is 0.124. The standard InChI is InChI=1S/C29H32N2O6S/c1-6-18(4)37-21-12-9-19(10-13-21)15-25-27(32)31-26(22(28(33)34-5)17-30-29(31)38-25)20-11-14-23(35-7-2)24(16-20)36-8-3/h9-18,26H,6-8H2,1-5H3/b25-15-/t18-,26+/m0/s1. The Bertz CT molecular complexity index is 1500.